The van der Waals surface area contributed by atoms with Gasteiger partial charge in [0.15, 0.2) is 0 Å². The Morgan fingerprint density at radius 3 is 2.22 bits per heavy atom. The van der Waals surface area contributed by atoms with E-state index in [0.717, 1.165) is 35.1 Å². The molecular weight excluding hydrogens is 408 g/mol. The Morgan fingerprint density at radius 1 is 1.03 bits per heavy atom. The van der Waals surface area contributed by atoms with Gasteiger partial charge in [0.25, 0.3) is 0 Å². The zero-order valence-corrected chi connectivity index (χ0v) is 18.3. The van der Waals surface area contributed by atoms with Crippen LogP contribution in [0.25, 0.3) is 11.1 Å². The molecule has 7 heteroatoms. The minimum absolute atomic E-state index is 0.0783. The second-order valence-corrected chi connectivity index (χ2v) is 8.92. The third-order valence-electron chi connectivity index (χ3n) is 6.34. The van der Waals surface area contributed by atoms with Crippen molar-refractivity contribution in [1.82, 2.24) is 10.2 Å². The van der Waals surface area contributed by atoms with Gasteiger partial charge in [-0.2, -0.15) is 0 Å². The van der Waals surface area contributed by atoms with Crippen molar-refractivity contribution in [2.45, 2.75) is 50.6 Å². The van der Waals surface area contributed by atoms with Crippen molar-refractivity contribution in [3.63, 3.8) is 0 Å². The van der Waals surface area contributed by atoms with Gasteiger partial charge in [-0.3, -0.25) is 4.79 Å². The number of hydrogen-bond acceptors (Lipinski definition) is 4. The van der Waals surface area contributed by atoms with E-state index in [1.165, 1.54) is 4.90 Å². The minimum Gasteiger partial charge on any atom is -0.480 e. The fraction of sp³-hybridized carbons (Fsp3) is 0.400. The van der Waals surface area contributed by atoms with Gasteiger partial charge in [-0.1, -0.05) is 48.5 Å². The molecule has 7 nitrogen and oxygen atoms in total. The molecular formula is C25H28N2O5. The minimum atomic E-state index is -1.28. The van der Waals surface area contributed by atoms with Crippen molar-refractivity contribution >= 4 is 18.0 Å². The molecule has 168 valence electrons. The van der Waals surface area contributed by atoms with Crippen LogP contribution in [0.5, 0.6) is 0 Å². The molecule has 1 aliphatic heterocycles. The van der Waals surface area contributed by atoms with Crippen molar-refractivity contribution in [1.29, 1.82) is 0 Å². The molecule has 1 heterocycles. The molecule has 2 aliphatic rings. The molecule has 0 radical (unpaired) electrons. The number of carboxylic acids is 1. The Labute approximate surface area is 187 Å². The van der Waals surface area contributed by atoms with Crippen LogP contribution < -0.4 is 5.32 Å². The van der Waals surface area contributed by atoms with Crippen LogP contribution in [0.1, 0.15) is 50.2 Å². The maximum atomic E-state index is 13.1. The van der Waals surface area contributed by atoms with E-state index in [2.05, 4.69) is 17.4 Å². The van der Waals surface area contributed by atoms with E-state index in [1.807, 2.05) is 36.4 Å². The highest BCUT2D eigenvalue weighted by atomic mass is 16.5. The van der Waals surface area contributed by atoms with Crippen LogP contribution >= 0.6 is 0 Å². The Bertz CT molecular complexity index is 1000. The molecule has 2 N–H and O–H groups in total. The van der Waals surface area contributed by atoms with Crippen molar-refractivity contribution < 1.29 is 24.2 Å². The number of carbonyl (C=O) groups excluding carboxylic acids is 2. The van der Waals surface area contributed by atoms with Gasteiger partial charge >= 0.3 is 12.1 Å². The molecule has 1 saturated heterocycles. The number of hydrogen-bond donors (Lipinski definition) is 2. The first-order valence-electron chi connectivity index (χ1n) is 11.0. The van der Waals surface area contributed by atoms with Gasteiger partial charge in [0.1, 0.15) is 18.2 Å². The topological polar surface area (TPSA) is 95.9 Å². The standard InChI is InChI=1S/C25H28N2O5/c1-25(2,23(30)27-14-8-7-13-21(27)22(28)29)26-24(31)32-15-20-18-11-5-3-9-16(18)17-10-4-6-12-19(17)20/h3-6,9-12,20-21H,7-8,13-15H2,1-2H3,(H,26,31)(H,28,29). The quantitative estimate of drug-likeness (QED) is 0.744. The van der Waals surface area contributed by atoms with Crippen LogP contribution in [0.4, 0.5) is 4.79 Å². The van der Waals surface area contributed by atoms with Crippen molar-refractivity contribution in [3.05, 3.63) is 59.7 Å². The molecule has 4 rings (SSSR count). The van der Waals surface area contributed by atoms with Gasteiger partial charge in [0.2, 0.25) is 5.91 Å². The lowest BCUT2D eigenvalue weighted by Gasteiger charge is -2.38. The van der Waals surface area contributed by atoms with E-state index >= 15 is 0 Å². The maximum Gasteiger partial charge on any atom is 0.408 e. The lowest BCUT2D eigenvalue weighted by Crippen LogP contribution is -2.60. The molecule has 1 atom stereocenters. The number of piperidine rings is 1. The number of ether oxygens (including phenoxy) is 1. The lowest BCUT2D eigenvalue weighted by atomic mass is 9.96. The largest absolute Gasteiger partial charge is 0.480 e. The third-order valence-corrected chi connectivity index (χ3v) is 6.34. The van der Waals surface area contributed by atoms with Gasteiger partial charge in [0.05, 0.1) is 0 Å². The molecule has 1 fully saturated rings. The number of fused-ring (bicyclic) bond motifs is 3. The number of benzene rings is 2. The molecule has 2 aromatic rings. The summed E-state index contributed by atoms with van der Waals surface area (Å²) in [6.45, 7) is 3.66. The van der Waals surface area contributed by atoms with E-state index in [4.69, 9.17) is 4.74 Å². The number of aliphatic carboxylic acids is 1. The lowest BCUT2D eigenvalue weighted by molar-refractivity contribution is -0.154. The first-order valence-corrected chi connectivity index (χ1v) is 11.0. The fourth-order valence-electron chi connectivity index (χ4n) is 4.73. The van der Waals surface area contributed by atoms with E-state index < -0.39 is 29.6 Å². The summed E-state index contributed by atoms with van der Waals surface area (Å²) >= 11 is 0. The van der Waals surface area contributed by atoms with Crippen LogP contribution in [0.3, 0.4) is 0 Å². The number of rotatable bonds is 5. The number of likely N-dealkylation sites (tertiary alicyclic amines) is 1. The zero-order valence-electron chi connectivity index (χ0n) is 18.3. The first-order chi connectivity index (χ1) is 15.3. The van der Waals surface area contributed by atoms with Crippen LogP contribution in [0.2, 0.25) is 0 Å². The summed E-state index contributed by atoms with van der Waals surface area (Å²) in [5.74, 6) is -1.52. The van der Waals surface area contributed by atoms with Gasteiger partial charge in [-0.05, 0) is 55.4 Å². The molecule has 2 amide bonds. The van der Waals surface area contributed by atoms with E-state index in [1.54, 1.807) is 13.8 Å². The maximum absolute atomic E-state index is 13.1. The summed E-state index contributed by atoms with van der Waals surface area (Å²) in [5.41, 5.74) is 3.20. The molecule has 1 aliphatic carbocycles. The van der Waals surface area contributed by atoms with Crippen LogP contribution in [0, 0.1) is 0 Å². The number of carbonyl (C=O) groups is 3. The summed E-state index contributed by atoms with van der Waals surface area (Å²) in [6.07, 6.45) is 1.23. The molecule has 0 spiro atoms. The normalized spacial score (nSPS) is 17.9. The Hall–Kier alpha value is -3.35. The van der Waals surface area contributed by atoms with Crippen molar-refractivity contribution in [2.75, 3.05) is 13.2 Å². The SMILES string of the molecule is CC(C)(NC(=O)OCC1c2ccccc2-c2ccccc21)C(=O)N1CCCCC1C(=O)O. The Kier molecular flexibility index (Phi) is 5.91. The molecule has 2 aromatic carbocycles. The van der Waals surface area contributed by atoms with Gasteiger partial charge in [-0.15, -0.1) is 0 Å². The number of nitrogens with zero attached hydrogens (tertiary/aromatic N) is 1. The highest BCUT2D eigenvalue weighted by Crippen LogP contribution is 2.44. The smallest absolute Gasteiger partial charge is 0.408 e. The zero-order chi connectivity index (χ0) is 22.9. The number of amides is 2. The van der Waals surface area contributed by atoms with Crippen LogP contribution in [-0.2, 0) is 14.3 Å². The molecule has 1 unspecified atom stereocenters. The second kappa shape index (κ2) is 8.65. The van der Waals surface area contributed by atoms with E-state index in [0.29, 0.717) is 13.0 Å². The van der Waals surface area contributed by atoms with Gasteiger partial charge < -0.3 is 20.1 Å². The average Bonchev–Trinajstić information content (AvgIpc) is 3.10. The number of carboxylic acid groups (broad SMARTS) is 1. The highest BCUT2D eigenvalue weighted by Gasteiger charge is 2.40. The van der Waals surface area contributed by atoms with Crippen molar-refractivity contribution in [3.8, 4) is 11.1 Å². The summed E-state index contributed by atoms with van der Waals surface area (Å²) < 4.78 is 5.55. The third kappa shape index (κ3) is 4.07. The van der Waals surface area contributed by atoms with Crippen molar-refractivity contribution in [2.24, 2.45) is 0 Å². The van der Waals surface area contributed by atoms with Gasteiger partial charge in [-0.25, -0.2) is 9.59 Å². The van der Waals surface area contributed by atoms with E-state index in [9.17, 15) is 19.5 Å². The van der Waals surface area contributed by atoms with Crippen LogP contribution in [-0.4, -0.2) is 52.7 Å². The summed E-state index contributed by atoms with van der Waals surface area (Å²) in [7, 11) is 0. The Balaban J connectivity index is 1.43. The van der Waals surface area contributed by atoms with Gasteiger partial charge in [0, 0.05) is 12.5 Å². The summed E-state index contributed by atoms with van der Waals surface area (Å²) in [4.78, 5) is 38.6. The Morgan fingerprint density at radius 2 is 1.62 bits per heavy atom. The average molecular weight is 437 g/mol. The monoisotopic (exact) mass is 436 g/mol. The summed E-state index contributed by atoms with van der Waals surface area (Å²) in [6, 6.07) is 15.3. The highest BCUT2D eigenvalue weighted by molar-refractivity contribution is 5.92. The molecule has 0 saturated carbocycles. The van der Waals surface area contributed by atoms with Crippen LogP contribution in [0.15, 0.2) is 48.5 Å². The number of nitrogens with one attached hydrogen (secondary N) is 1. The predicted molar refractivity (Wildman–Crippen MR) is 119 cm³/mol. The predicted octanol–water partition coefficient (Wildman–Crippen LogP) is 3.77. The fourth-order valence-corrected chi connectivity index (χ4v) is 4.73. The molecule has 0 aromatic heterocycles. The summed E-state index contributed by atoms with van der Waals surface area (Å²) in [5, 5.41) is 12.1. The van der Waals surface area contributed by atoms with E-state index in [-0.39, 0.29) is 12.5 Å². The molecule has 0 bridgehead atoms. The molecule has 32 heavy (non-hydrogen) atoms. The first kappa shape index (κ1) is 21.9. The second-order valence-electron chi connectivity index (χ2n) is 8.92. The number of alkyl carbamates (subject to hydrolysis) is 1.